The molecule has 100 valence electrons. The molecule has 1 saturated carbocycles. The number of hydrogen-bond acceptors (Lipinski definition) is 3. The molecule has 1 aliphatic carbocycles. The summed E-state index contributed by atoms with van der Waals surface area (Å²) in [6, 6.07) is 0.747. The zero-order chi connectivity index (χ0) is 12.3. The maximum atomic E-state index is 5.18. The second-order valence-electron chi connectivity index (χ2n) is 5.97. The summed E-state index contributed by atoms with van der Waals surface area (Å²) in [4.78, 5) is 2.70. The van der Waals surface area contributed by atoms with Crippen LogP contribution in [0.3, 0.4) is 0 Å². The maximum absolute atomic E-state index is 5.18. The Morgan fingerprint density at radius 2 is 2.18 bits per heavy atom. The molecule has 0 bridgehead atoms. The molecule has 1 saturated heterocycles. The fraction of sp³-hybridized carbons (Fsp3) is 1.00. The van der Waals surface area contributed by atoms with Crippen LogP contribution >= 0.6 is 0 Å². The molecule has 0 spiro atoms. The van der Waals surface area contributed by atoms with Crippen LogP contribution in [0, 0.1) is 5.92 Å². The lowest BCUT2D eigenvalue weighted by Gasteiger charge is -2.48. The molecule has 0 aromatic rings. The minimum absolute atomic E-state index is 0.346. The topological polar surface area (TPSA) is 24.5 Å². The number of rotatable bonds is 6. The first kappa shape index (κ1) is 13.3. The molecule has 3 heteroatoms. The van der Waals surface area contributed by atoms with Gasteiger partial charge in [-0.1, -0.05) is 6.92 Å². The van der Waals surface area contributed by atoms with E-state index in [1.165, 1.54) is 32.4 Å². The molecular weight excluding hydrogens is 212 g/mol. The van der Waals surface area contributed by atoms with Gasteiger partial charge in [-0.25, -0.2) is 0 Å². The van der Waals surface area contributed by atoms with Crippen LogP contribution in [0.15, 0.2) is 0 Å². The Bertz CT molecular complexity index is 242. The molecule has 0 amide bonds. The van der Waals surface area contributed by atoms with Gasteiger partial charge in [-0.2, -0.15) is 0 Å². The predicted octanol–water partition coefficient (Wildman–Crippen LogP) is 1.88. The first-order chi connectivity index (χ1) is 8.19. The third kappa shape index (κ3) is 3.21. The van der Waals surface area contributed by atoms with E-state index in [-0.39, 0.29) is 0 Å². The van der Waals surface area contributed by atoms with Crippen molar-refractivity contribution in [3.8, 4) is 0 Å². The van der Waals surface area contributed by atoms with E-state index in [4.69, 9.17) is 4.74 Å². The average molecular weight is 240 g/mol. The number of piperazine rings is 1. The number of methoxy groups -OCH3 is 1. The second kappa shape index (κ2) is 5.68. The lowest BCUT2D eigenvalue weighted by Crippen LogP contribution is -2.63. The molecule has 3 nitrogen and oxygen atoms in total. The van der Waals surface area contributed by atoms with Gasteiger partial charge in [0, 0.05) is 44.9 Å². The number of nitrogens with one attached hydrogen (secondary N) is 1. The Morgan fingerprint density at radius 3 is 2.76 bits per heavy atom. The van der Waals surface area contributed by atoms with E-state index in [1.807, 2.05) is 0 Å². The maximum Gasteiger partial charge on any atom is 0.0474 e. The molecule has 0 aromatic carbocycles. The summed E-state index contributed by atoms with van der Waals surface area (Å²) < 4.78 is 5.18. The van der Waals surface area contributed by atoms with Crippen LogP contribution in [-0.4, -0.2) is 49.8 Å². The number of ether oxygens (including phenoxy) is 1. The Labute approximate surface area is 106 Å². The van der Waals surface area contributed by atoms with Gasteiger partial charge in [0.2, 0.25) is 0 Å². The summed E-state index contributed by atoms with van der Waals surface area (Å²) in [5, 5.41) is 3.77. The van der Waals surface area contributed by atoms with E-state index in [1.54, 1.807) is 7.11 Å². The van der Waals surface area contributed by atoms with Crippen molar-refractivity contribution in [2.45, 2.75) is 51.1 Å². The average Bonchev–Trinajstić information content (AvgIpc) is 3.16. The Kier molecular flexibility index (Phi) is 4.45. The molecule has 2 rings (SSSR count). The molecule has 0 radical (unpaired) electrons. The lowest BCUT2D eigenvalue weighted by atomic mass is 9.91. The van der Waals surface area contributed by atoms with Crippen LogP contribution in [0.5, 0.6) is 0 Å². The summed E-state index contributed by atoms with van der Waals surface area (Å²) in [7, 11) is 1.80. The van der Waals surface area contributed by atoms with E-state index in [9.17, 15) is 0 Å². The van der Waals surface area contributed by atoms with Gasteiger partial charge < -0.3 is 10.1 Å². The third-order valence-corrected chi connectivity index (χ3v) is 4.65. The van der Waals surface area contributed by atoms with Crippen molar-refractivity contribution in [3.05, 3.63) is 0 Å². The van der Waals surface area contributed by atoms with Crippen LogP contribution < -0.4 is 5.32 Å². The van der Waals surface area contributed by atoms with Crippen molar-refractivity contribution >= 4 is 0 Å². The highest BCUT2D eigenvalue weighted by Crippen LogP contribution is 2.36. The SMILES string of the molecule is CCC1(C)CNC(C2CC2)CN1CCCOC. The van der Waals surface area contributed by atoms with Crippen molar-refractivity contribution in [2.24, 2.45) is 5.92 Å². The fourth-order valence-electron chi connectivity index (χ4n) is 2.91. The van der Waals surface area contributed by atoms with Gasteiger partial charge in [0.15, 0.2) is 0 Å². The minimum Gasteiger partial charge on any atom is -0.385 e. The Morgan fingerprint density at radius 1 is 1.41 bits per heavy atom. The number of hydrogen-bond donors (Lipinski definition) is 1. The van der Waals surface area contributed by atoms with Gasteiger partial charge in [-0.15, -0.1) is 0 Å². The highest BCUT2D eigenvalue weighted by atomic mass is 16.5. The molecule has 2 fully saturated rings. The molecule has 1 aliphatic heterocycles. The summed E-state index contributed by atoms with van der Waals surface area (Å²) >= 11 is 0. The highest BCUT2D eigenvalue weighted by Gasteiger charge is 2.41. The molecule has 2 unspecified atom stereocenters. The van der Waals surface area contributed by atoms with Crippen molar-refractivity contribution in [2.75, 3.05) is 33.4 Å². The van der Waals surface area contributed by atoms with Gasteiger partial charge in [-0.3, -0.25) is 4.90 Å². The van der Waals surface area contributed by atoms with Crippen LogP contribution in [0.25, 0.3) is 0 Å². The normalized spacial score (nSPS) is 35.1. The molecule has 2 aliphatic rings. The summed E-state index contributed by atoms with van der Waals surface area (Å²) in [6.45, 7) is 9.16. The van der Waals surface area contributed by atoms with E-state index >= 15 is 0 Å². The lowest BCUT2D eigenvalue weighted by molar-refractivity contribution is 0.0365. The van der Waals surface area contributed by atoms with Gasteiger partial charge in [-0.05, 0) is 38.5 Å². The van der Waals surface area contributed by atoms with Crippen molar-refractivity contribution in [1.82, 2.24) is 10.2 Å². The monoisotopic (exact) mass is 240 g/mol. The van der Waals surface area contributed by atoms with Crippen LogP contribution in [0.1, 0.15) is 39.5 Å². The first-order valence-corrected chi connectivity index (χ1v) is 7.17. The highest BCUT2D eigenvalue weighted by molar-refractivity contribution is 4.99. The van der Waals surface area contributed by atoms with Crippen molar-refractivity contribution in [1.29, 1.82) is 0 Å². The minimum atomic E-state index is 0.346. The fourth-order valence-corrected chi connectivity index (χ4v) is 2.91. The summed E-state index contributed by atoms with van der Waals surface area (Å²) in [5.41, 5.74) is 0.346. The quantitative estimate of drug-likeness (QED) is 0.717. The van der Waals surface area contributed by atoms with E-state index in [2.05, 4.69) is 24.1 Å². The van der Waals surface area contributed by atoms with Gasteiger partial charge in [0.05, 0.1) is 0 Å². The van der Waals surface area contributed by atoms with Crippen LogP contribution in [0.2, 0.25) is 0 Å². The van der Waals surface area contributed by atoms with Crippen LogP contribution in [-0.2, 0) is 4.74 Å². The number of nitrogens with zero attached hydrogens (tertiary/aromatic N) is 1. The molecule has 1 heterocycles. The Hall–Kier alpha value is -0.120. The Balaban J connectivity index is 1.89. The standard InChI is InChI=1S/C14H28N2O/c1-4-14(2)11-15-13(12-6-7-12)10-16(14)8-5-9-17-3/h12-13,15H,4-11H2,1-3H3. The molecule has 2 atom stereocenters. The van der Waals surface area contributed by atoms with Gasteiger partial charge in [0.1, 0.15) is 0 Å². The smallest absolute Gasteiger partial charge is 0.0474 e. The van der Waals surface area contributed by atoms with Gasteiger partial charge in [0.25, 0.3) is 0 Å². The molecule has 0 aromatic heterocycles. The van der Waals surface area contributed by atoms with Crippen molar-refractivity contribution in [3.63, 3.8) is 0 Å². The zero-order valence-corrected chi connectivity index (χ0v) is 11.7. The molecule has 17 heavy (non-hydrogen) atoms. The largest absolute Gasteiger partial charge is 0.385 e. The molecule has 1 N–H and O–H groups in total. The van der Waals surface area contributed by atoms with E-state index in [0.717, 1.165) is 31.5 Å². The predicted molar refractivity (Wildman–Crippen MR) is 71.3 cm³/mol. The summed E-state index contributed by atoms with van der Waals surface area (Å²) in [6.07, 6.45) is 5.26. The first-order valence-electron chi connectivity index (χ1n) is 7.17. The summed E-state index contributed by atoms with van der Waals surface area (Å²) in [5.74, 6) is 0.960. The molecular formula is C14H28N2O. The second-order valence-corrected chi connectivity index (χ2v) is 5.97. The van der Waals surface area contributed by atoms with Gasteiger partial charge >= 0.3 is 0 Å². The van der Waals surface area contributed by atoms with Crippen molar-refractivity contribution < 1.29 is 4.74 Å². The van der Waals surface area contributed by atoms with Crippen LogP contribution in [0.4, 0.5) is 0 Å². The van der Waals surface area contributed by atoms with E-state index < -0.39 is 0 Å². The van der Waals surface area contributed by atoms with E-state index in [0.29, 0.717) is 5.54 Å². The third-order valence-electron chi connectivity index (χ3n) is 4.65. The zero-order valence-electron chi connectivity index (χ0n) is 11.7.